The van der Waals surface area contributed by atoms with Crippen molar-refractivity contribution in [3.63, 3.8) is 0 Å². The predicted octanol–water partition coefficient (Wildman–Crippen LogP) is 0.745. The zero-order chi connectivity index (χ0) is 11.4. The fraction of sp³-hybridized carbons (Fsp3) is 0.818. The summed E-state index contributed by atoms with van der Waals surface area (Å²) in [6.07, 6.45) is 1.95. The van der Waals surface area contributed by atoms with Crippen LogP contribution < -0.4 is 5.32 Å². The van der Waals surface area contributed by atoms with Crippen LogP contribution in [0.5, 0.6) is 0 Å². The molecule has 0 aromatic heterocycles. The highest BCUT2D eigenvalue weighted by Crippen LogP contribution is 2.15. The second-order valence-corrected chi connectivity index (χ2v) is 4.41. The van der Waals surface area contributed by atoms with Crippen LogP contribution in [0.1, 0.15) is 26.7 Å². The standard InChI is InChI=1S/C11H19N3O/c1-8(7-12)11(15)13-10-4-5-14(3)9(2)6-10/h8-10H,4-6H2,1-3H3,(H,13,15). The van der Waals surface area contributed by atoms with Gasteiger partial charge in [0.25, 0.3) is 0 Å². The molecule has 0 saturated carbocycles. The topological polar surface area (TPSA) is 56.1 Å². The van der Waals surface area contributed by atoms with Crippen molar-refractivity contribution >= 4 is 5.91 Å². The van der Waals surface area contributed by atoms with Gasteiger partial charge in [-0.25, -0.2) is 0 Å². The summed E-state index contributed by atoms with van der Waals surface area (Å²) < 4.78 is 0. The first kappa shape index (κ1) is 12.0. The van der Waals surface area contributed by atoms with Crippen molar-refractivity contribution in [2.45, 2.75) is 38.8 Å². The summed E-state index contributed by atoms with van der Waals surface area (Å²) >= 11 is 0. The molecular weight excluding hydrogens is 190 g/mol. The molecule has 1 aliphatic heterocycles. The van der Waals surface area contributed by atoms with Gasteiger partial charge < -0.3 is 10.2 Å². The summed E-state index contributed by atoms with van der Waals surface area (Å²) in [7, 11) is 2.10. The maximum atomic E-state index is 11.5. The van der Waals surface area contributed by atoms with Crippen LogP contribution in [0.2, 0.25) is 0 Å². The molecule has 1 heterocycles. The Kier molecular flexibility index (Phi) is 4.10. The number of carbonyl (C=O) groups excluding carboxylic acids is 1. The lowest BCUT2D eigenvalue weighted by atomic mass is 9.98. The van der Waals surface area contributed by atoms with E-state index in [4.69, 9.17) is 5.26 Å². The fourth-order valence-corrected chi connectivity index (χ4v) is 1.81. The molecule has 0 radical (unpaired) electrons. The molecule has 1 rings (SSSR count). The van der Waals surface area contributed by atoms with Gasteiger partial charge in [0.2, 0.25) is 5.91 Å². The molecule has 84 valence electrons. The highest BCUT2D eigenvalue weighted by molar-refractivity contribution is 5.80. The molecule has 3 unspecified atom stereocenters. The summed E-state index contributed by atoms with van der Waals surface area (Å²) in [4.78, 5) is 13.8. The van der Waals surface area contributed by atoms with Gasteiger partial charge in [0.15, 0.2) is 0 Å². The van der Waals surface area contributed by atoms with E-state index in [1.807, 2.05) is 6.07 Å². The van der Waals surface area contributed by atoms with E-state index in [1.165, 1.54) is 0 Å². The molecule has 0 bridgehead atoms. The van der Waals surface area contributed by atoms with Gasteiger partial charge in [0, 0.05) is 18.6 Å². The number of nitrogens with one attached hydrogen (secondary N) is 1. The third-order valence-electron chi connectivity index (χ3n) is 3.14. The first-order valence-electron chi connectivity index (χ1n) is 5.44. The number of nitriles is 1. The fourth-order valence-electron chi connectivity index (χ4n) is 1.81. The molecule has 1 amide bonds. The SMILES string of the molecule is CC(C#N)C(=O)NC1CCN(C)C(C)C1. The summed E-state index contributed by atoms with van der Waals surface area (Å²) in [6, 6.07) is 2.69. The molecule has 1 aliphatic rings. The highest BCUT2D eigenvalue weighted by atomic mass is 16.1. The van der Waals surface area contributed by atoms with E-state index in [1.54, 1.807) is 6.92 Å². The minimum absolute atomic E-state index is 0.140. The van der Waals surface area contributed by atoms with Crippen LogP contribution >= 0.6 is 0 Å². The van der Waals surface area contributed by atoms with Crippen LogP contribution in [-0.2, 0) is 4.79 Å². The predicted molar refractivity (Wildman–Crippen MR) is 58.0 cm³/mol. The summed E-state index contributed by atoms with van der Waals surface area (Å²) in [5.41, 5.74) is 0. The van der Waals surface area contributed by atoms with E-state index in [2.05, 4.69) is 24.2 Å². The Morgan fingerprint density at radius 3 is 2.87 bits per heavy atom. The lowest BCUT2D eigenvalue weighted by Crippen LogP contribution is -2.48. The van der Waals surface area contributed by atoms with Gasteiger partial charge in [-0.05, 0) is 33.7 Å². The van der Waals surface area contributed by atoms with Crippen molar-refractivity contribution in [2.75, 3.05) is 13.6 Å². The van der Waals surface area contributed by atoms with Crippen LogP contribution in [-0.4, -0.2) is 36.5 Å². The Morgan fingerprint density at radius 2 is 2.33 bits per heavy atom. The van der Waals surface area contributed by atoms with Crippen LogP contribution in [0.25, 0.3) is 0 Å². The Hall–Kier alpha value is -1.08. The Morgan fingerprint density at radius 1 is 1.67 bits per heavy atom. The average molecular weight is 209 g/mol. The van der Waals surface area contributed by atoms with Crippen LogP contribution in [0.4, 0.5) is 0 Å². The van der Waals surface area contributed by atoms with Crippen LogP contribution in [0.15, 0.2) is 0 Å². The molecule has 1 N–H and O–H groups in total. The minimum Gasteiger partial charge on any atom is -0.352 e. The van der Waals surface area contributed by atoms with Gasteiger partial charge in [-0.3, -0.25) is 4.79 Å². The molecule has 0 spiro atoms. The number of nitrogens with zero attached hydrogens (tertiary/aromatic N) is 2. The summed E-state index contributed by atoms with van der Waals surface area (Å²) in [6.45, 7) is 4.80. The van der Waals surface area contributed by atoms with Crippen molar-refractivity contribution in [1.29, 1.82) is 5.26 Å². The second-order valence-electron chi connectivity index (χ2n) is 4.41. The van der Waals surface area contributed by atoms with Gasteiger partial charge in [0.1, 0.15) is 5.92 Å². The number of hydrogen-bond donors (Lipinski definition) is 1. The van der Waals surface area contributed by atoms with E-state index in [0.717, 1.165) is 19.4 Å². The zero-order valence-electron chi connectivity index (χ0n) is 9.66. The number of carbonyl (C=O) groups is 1. The smallest absolute Gasteiger partial charge is 0.237 e. The Bertz CT molecular complexity index is 271. The molecule has 0 aromatic carbocycles. The van der Waals surface area contributed by atoms with Gasteiger partial charge in [-0.2, -0.15) is 5.26 Å². The first-order chi connectivity index (χ1) is 7.04. The minimum atomic E-state index is -0.542. The monoisotopic (exact) mass is 209 g/mol. The Balaban J connectivity index is 2.41. The van der Waals surface area contributed by atoms with Crippen molar-refractivity contribution < 1.29 is 4.79 Å². The molecule has 4 heteroatoms. The Labute approximate surface area is 91.2 Å². The molecule has 1 fully saturated rings. The summed E-state index contributed by atoms with van der Waals surface area (Å²) in [5.74, 6) is -0.681. The van der Waals surface area contributed by atoms with Crippen molar-refractivity contribution in [3.05, 3.63) is 0 Å². The summed E-state index contributed by atoms with van der Waals surface area (Å²) in [5, 5.41) is 11.5. The molecule has 1 saturated heterocycles. The largest absolute Gasteiger partial charge is 0.352 e. The number of likely N-dealkylation sites (tertiary alicyclic amines) is 1. The molecule has 3 atom stereocenters. The van der Waals surface area contributed by atoms with E-state index in [9.17, 15) is 4.79 Å². The normalized spacial score (nSPS) is 29.2. The first-order valence-corrected chi connectivity index (χ1v) is 5.44. The van der Waals surface area contributed by atoms with Crippen LogP contribution in [0.3, 0.4) is 0 Å². The molecule has 0 aliphatic carbocycles. The third-order valence-corrected chi connectivity index (χ3v) is 3.14. The maximum absolute atomic E-state index is 11.5. The number of hydrogen-bond acceptors (Lipinski definition) is 3. The van der Waals surface area contributed by atoms with E-state index in [-0.39, 0.29) is 11.9 Å². The average Bonchev–Trinajstić information content (AvgIpc) is 2.22. The molecular formula is C11H19N3O. The molecule has 0 aromatic rings. The third kappa shape index (κ3) is 3.21. The van der Waals surface area contributed by atoms with Gasteiger partial charge in [0.05, 0.1) is 6.07 Å². The van der Waals surface area contributed by atoms with E-state index in [0.29, 0.717) is 6.04 Å². The van der Waals surface area contributed by atoms with Crippen molar-refractivity contribution in [1.82, 2.24) is 10.2 Å². The highest BCUT2D eigenvalue weighted by Gasteiger charge is 2.25. The molecule has 15 heavy (non-hydrogen) atoms. The number of piperidine rings is 1. The lowest BCUT2D eigenvalue weighted by Gasteiger charge is -2.35. The van der Waals surface area contributed by atoms with Crippen LogP contribution in [0, 0.1) is 17.2 Å². The van der Waals surface area contributed by atoms with Crippen molar-refractivity contribution in [3.8, 4) is 6.07 Å². The zero-order valence-corrected chi connectivity index (χ0v) is 9.66. The lowest BCUT2D eigenvalue weighted by molar-refractivity contribution is -0.124. The molecule has 4 nitrogen and oxygen atoms in total. The van der Waals surface area contributed by atoms with Gasteiger partial charge in [-0.1, -0.05) is 0 Å². The van der Waals surface area contributed by atoms with Gasteiger partial charge in [-0.15, -0.1) is 0 Å². The second kappa shape index (κ2) is 5.13. The van der Waals surface area contributed by atoms with E-state index < -0.39 is 5.92 Å². The van der Waals surface area contributed by atoms with Crippen molar-refractivity contribution in [2.24, 2.45) is 5.92 Å². The maximum Gasteiger partial charge on any atom is 0.237 e. The van der Waals surface area contributed by atoms with E-state index >= 15 is 0 Å². The number of amides is 1. The quantitative estimate of drug-likeness (QED) is 0.730. The van der Waals surface area contributed by atoms with Gasteiger partial charge >= 0.3 is 0 Å². The number of rotatable bonds is 2.